The van der Waals surface area contributed by atoms with Crippen molar-refractivity contribution in [3.05, 3.63) is 0 Å². The second-order valence-corrected chi connectivity index (χ2v) is 20.0. The molecule has 1 saturated carbocycles. The van der Waals surface area contributed by atoms with E-state index in [0.717, 1.165) is 62.5 Å². The molecule has 6 atom stereocenters. The molecule has 74 heavy (non-hydrogen) atoms. The number of rotatable bonds is 36. The lowest BCUT2D eigenvalue weighted by Crippen LogP contribution is -2.67. The van der Waals surface area contributed by atoms with E-state index in [0.29, 0.717) is 0 Å². The fourth-order valence-corrected chi connectivity index (χ4v) is 9.19. The molecule has 0 aliphatic heterocycles. The van der Waals surface area contributed by atoms with Crippen LogP contribution in [0.5, 0.6) is 0 Å². The monoisotopic (exact) mass is 1160 g/mol. The van der Waals surface area contributed by atoms with Crippen molar-refractivity contribution in [2.24, 2.45) is 0 Å². The van der Waals surface area contributed by atoms with Gasteiger partial charge in [-0.2, -0.15) is 0 Å². The average molecular weight is 1160 g/mol. The van der Waals surface area contributed by atoms with Gasteiger partial charge in [-0.1, -0.05) is 6.92 Å². The van der Waals surface area contributed by atoms with Crippen LogP contribution in [0.4, 0.5) is 0 Å². The van der Waals surface area contributed by atoms with Crippen molar-refractivity contribution in [1.82, 2.24) is 0 Å². The van der Waals surface area contributed by atoms with E-state index in [4.69, 9.17) is 102 Å². The van der Waals surface area contributed by atoms with E-state index in [1.807, 2.05) is 0 Å². The van der Waals surface area contributed by atoms with Gasteiger partial charge in [0.1, 0.15) is 30.5 Å². The lowest BCUT2D eigenvalue weighted by Gasteiger charge is -2.49. The highest BCUT2D eigenvalue weighted by molar-refractivity contribution is 7.49. The minimum Gasteiger partial charge on any atom is -0.457 e. The van der Waals surface area contributed by atoms with Crippen LogP contribution >= 0.6 is 31.3 Å². The number of hydrogen-bond donors (Lipinski definition) is 0. The van der Waals surface area contributed by atoms with E-state index in [1.54, 1.807) is 0 Å². The Labute approximate surface area is 420 Å². The summed E-state index contributed by atoms with van der Waals surface area (Å²) < 4.78 is 172. The molecule has 0 aromatic carbocycles. The van der Waals surface area contributed by atoms with Crippen LogP contribution < -0.4 is 0 Å². The number of methoxy groups -OCH3 is 1. The van der Waals surface area contributed by atoms with Gasteiger partial charge in [0.2, 0.25) is 54.3 Å². The smallest absolute Gasteiger partial charge is 0.457 e. The summed E-state index contributed by atoms with van der Waals surface area (Å²) in [5.74, 6) is -9.86. The lowest BCUT2D eigenvalue weighted by atomic mass is 9.84. The van der Waals surface area contributed by atoms with Gasteiger partial charge >= 0.3 is 85.0 Å². The molecule has 0 saturated heterocycles. The first-order valence-electron chi connectivity index (χ1n) is 20.6. The highest BCUT2D eigenvalue weighted by Gasteiger charge is 2.63. The number of hydrogen-bond acceptors (Lipinski definition) is 35. The number of phosphoric ester groups is 4. The van der Waals surface area contributed by atoms with Crippen LogP contribution in [0.3, 0.4) is 0 Å². The Kier molecular flexibility index (Phi) is 30.7. The summed E-state index contributed by atoms with van der Waals surface area (Å²) in [6.07, 6.45) is -16.3. The van der Waals surface area contributed by atoms with Gasteiger partial charge in [-0.05, 0) is 6.42 Å². The molecule has 0 aromatic rings. The standard InChI is InChI=1S/C35H56O35P4/c1-11-12-29(44)66-31-30(49-10)32(67-71(45,58-13-50-21(2)36)59-14-51-22(3)37)34(69-73(47,62-17-54-25(6)40)63-18-55-26(7)41)35(70-74(48,64-19-56-27(8)42)65-20-57-28(9)43)33(31)68-72(46,60-15-52-23(4)38)61-16-53-24(5)39/h30-35H,11-20H2,1-10H3/t30-,31+,32-,33-,34+,35+/m1/s1. The third-order valence-corrected chi connectivity index (χ3v) is 13.1. The summed E-state index contributed by atoms with van der Waals surface area (Å²) >= 11 is 0. The first-order chi connectivity index (χ1) is 34.5. The van der Waals surface area contributed by atoms with Gasteiger partial charge in [0.15, 0.2) is 6.10 Å². The first kappa shape index (κ1) is 67.6. The summed E-state index contributed by atoms with van der Waals surface area (Å²) in [5.41, 5.74) is 0. The molecular weight excluding hydrogens is 1100 g/mol. The Morgan fingerprint density at radius 2 is 0.514 bits per heavy atom. The average Bonchev–Trinajstić information content (AvgIpc) is 3.25. The molecule has 35 nitrogen and oxygen atoms in total. The maximum Gasteiger partial charge on any atom is 0.481 e. The number of carbonyl (C=O) groups is 9. The van der Waals surface area contributed by atoms with Crippen LogP contribution in [0.25, 0.3) is 0 Å². The molecular formula is C35H56O35P4. The van der Waals surface area contributed by atoms with Gasteiger partial charge in [-0.25, -0.2) is 54.5 Å². The molecule has 0 unspecified atom stereocenters. The Hall–Kier alpha value is -4.37. The fourth-order valence-electron chi connectivity index (χ4n) is 4.80. The zero-order valence-electron chi connectivity index (χ0n) is 41.1. The van der Waals surface area contributed by atoms with E-state index < -0.39 is 182 Å². The number of carbonyl (C=O) groups excluding carboxylic acids is 9. The first-order valence-corrected chi connectivity index (χ1v) is 26.4. The molecule has 0 bridgehead atoms. The van der Waals surface area contributed by atoms with Crippen LogP contribution in [0.15, 0.2) is 0 Å². The quantitative estimate of drug-likeness (QED) is 0.0376. The number of ether oxygens (including phenoxy) is 10. The topological polar surface area (TPSA) is 425 Å². The molecule has 0 spiro atoms. The van der Waals surface area contributed by atoms with Crippen molar-refractivity contribution in [2.45, 2.75) is 112 Å². The van der Waals surface area contributed by atoms with E-state index in [-0.39, 0.29) is 6.42 Å². The van der Waals surface area contributed by atoms with E-state index in [2.05, 4.69) is 0 Å². The molecule has 39 heteroatoms. The third kappa shape index (κ3) is 27.4. The molecule has 1 aliphatic rings. The number of phosphoric acid groups is 4. The molecule has 1 aliphatic carbocycles. The van der Waals surface area contributed by atoms with Crippen molar-refractivity contribution in [2.75, 3.05) is 61.5 Å². The SMILES string of the molecule is CCCC(=O)O[C@H]1[C@@H](OC)[C@@H](OP(=O)(OCOC(C)=O)OCOC(C)=O)[C@H](OP(=O)(OCOC(C)=O)OCOC(C)=O)[C@@H](OP(=O)(OCOC(C)=O)OCOC(C)=O)[C@@H]1OP(=O)(OCOC(C)=O)OCOC(C)=O. The van der Waals surface area contributed by atoms with Crippen LogP contribution in [0.2, 0.25) is 0 Å². The molecule has 426 valence electrons. The van der Waals surface area contributed by atoms with Gasteiger partial charge in [0, 0.05) is 68.9 Å². The Morgan fingerprint density at radius 3 is 0.689 bits per heavy atom. The molecule has 0 amide bonds. The highest BCUT2D eigenvalue weighted by Crippen LogP contribution is 2.62. The van der Waals surface area contributed by atoms with Crippen molar-refractivity contribution < 1.29 is 163 Å². The van der Waals surface area contributed by atoms with E-state index in [9.17, 15) is 61.4 Å². The molecule has 0 N–H and O–H groups in total. The van der Waals surface area contributed by atoms with Gasteiger partial charge in [0.05, 0.1) is 0 Å². The predicted molar refractivity (Wildman–Crippen MR) is 227 cm³/mol. The summed E-state index contributed by atoms with van der Waals surface area (Å²) in [6, 6.07) is 0. The normalized spacial score (nSPS) is 19.0. The maximum absolute atomic E-state index is 14.8. The van der Waals surface area contributed by atoms with Gasteiger partial charge in [-0.15, -0.1) is 0 Å². The molecule has 0 aromatic heterocycles. The second-order valence-electron chi connectivity index (χ2n) is 13.5. The molecule has 0 heterocycles. The fraction of sp³-hybridized carbons (Fsp3) is 0.743. The van der Waals surface area contributed by atoms with Gasteiger partial charge in [0.25, 0.3) is 0 Å². The minimum absolute atomic E-state index is 0.0185. The van der Waals surface area contributed by atoms with Crippen molar-refractivity contribution in [3.8, 4) is 0 Å². The van der Waals surface area contributed by atoms with Crippen LogP contribution in [0.1, 0.15) is 75.2 Å². The van der Waals surface area contributed by atoms with Gasteiger partial charge in [-0.3, -0.25) is 61.2 Å². The Morgan fingerprint density at radius 1 is 0.324 bits per heavy atom. The van der Waals surface area contributed by atoms with Gasteiger partial charge < -0.3 is 47.4 Å². The van der Waals surface area contributed by atoms with Crippen LogP contribution in [-0.4, -0.2) is 152 Å². The summed E-state index contributed by atoms with van der Waals surface area (Å²) in [5, 5.41) is 0. The van der Waals surface area contributed by atoms with Crippen LogP contribution in [-0.2, 0) is 163 Å². The van der Waals surface area contributed by atoms with Crippen molar-refractivity contribution in [1.29, 1.82) is 0 Å². The van der Waals surface area contributed by atoms with E-state index in [1.165, 1.54) is 6.92 Å². The lowest BCUT2D eigenvalue weighted by molar-refractivity contribution is -0.234. The molecule has 1 fully saturated rings. The molecule has 1 rings (SSSR count). The zero-order chi connectivity index (χ0) is 56.3. The highest BCUT2D eigenvalue weighted by atomic mass is 31.2. The third-order valence-electron chi connectivity index (χ3n) is 7.72. The summed E-state index contributed by atoms with van der Waals surface area (Å²) in [7, 11) is -22.1. The maximum atomic E-state index is 14.8. The summed E-state index contributed by atoms with van der Waals surface area (Å²) in [4.78, 5) is 108. The Bertz CT molecular complexity index is 2000. The minimum atomic E-state index is -5.80. The zero-order valence-corrected chi connectivity index (χ0v) is 44.7. The van der Waals surface area contributed by atoms with E-state index >= 15 is 0 Å². The molecule has 0 radical (unpaired) electrons. The second kappa shape index (κ2) is 33.6. The number of esters is 9. The van der Waals surface area contributed by atoms with Crippen molar-refractivity contribution >= 4 is 85.0 Å². The van der Waals surface area contributed by atoms with Crippen LogP contribution in [0, 0.1) is 0 Å². The predicted octanol–water partition coefficient (Wildman–Crippen LogP) is 3.00. The summed E-state index contributed by atoms with van der Waals surface area (Å²) in [6.45, 7) is -2.39. The largest absolute Gasteiger partial charge is 0.481 e. The van der Waals surface area contributed by atoms with Crippen molar-refractivity contribution in [3.63, 3.8) is 0 Å². The Balaban J connectivity index is 4.79.